The molecule has 1 amide bonds. The lowest BCUT2D eigenvalue weighted by Gasteiger charge is -2.34. The van der Waals surface area contributed by atoms with Crippen LogP contribution in [0.25, 0.3) is 0 Å². The number of carbonyl (C=O) groups is 1. The second-order valence-electron chi connectivity index (χ2n) is 4.65. The van der Waals surface area contributed by atoms with E-state index in [1.54, 1.807) is 4.90 Å². The highest BCUT2D eigenvalue weighted by Gasteiger charge is 2.33. The van der Waals surface area contributed by atoms with Gasteiger partial charge in [0.25, 0.3) is 15.2 Å². The summed E-state index contributed by atoms with van der Waals surface area (Å²) in [5.41, 5.74) is 0. The maximum Gasteiger partial charge on any atom is 0.278 e. The Labute approximate surface area is 128 Å². The lowest BCUT2D eigenvalue weighted by molar-refractivity contribution is -0.131. The van der Waals surface area contributed by atoms with Crippen molar-refractivity contribution < 1.29 is 13.2 Å². The molecular weight excluding hydrogens is 314 g/mol. The van der Waals surface area contributed by atoms with Gasteiger partial charge in [0, 0.05) is 26.2 Å². The normalized spacial score (nSPS) is 18.7. The average molecular weight is 333 g/mol. The van der Waals surface area contributed by atoms with E-state index in [9.17, 15) is 13.2 Å². The van der Waals surface area contributed by atoms with Crippen LogP contribution in [0.4, 0.5) is 0 Å². The molecule has 0 bridgehead atoms. The van der Waals surface area contributed by atoms with Crippen molar-refractivity contribution >= 4 is 27.7 Å². The van der Waals surface area contributed by atoms with Crippen LogP contribution in [0.15, 0.2) is 11.5 Å². The van der Waals surface area contributed by atoms with Crippen LogP contribution in [0, 0.1) is 0 Å². The molecule has 118 valence electrons. The summed E-state index contributed by atoms with van der Waals surface area (Å²) in [5.74, 6) is 0.0849. The van der Waals surface area contributed by atoms with E-state index in [0.717, 1.165) is 12.7 Å². The molecule has 1 aromatic rings. The molecule has 1 aliphatic heterocycles. The van der Waals surface area contributed by atoms with Crippen LogP contribution in [0.1, 0.15) is 13.3 Å². The predicted octanol–water partition coefficient (Wildman–Crippen LogP) is -0.221. The quantitative estimate of drug-likeness (QED) is 0.800. The number of nitrogens with zero attached hydrogens (tertiary/aromatic N) is 4. The van der Waals surface area contributed by atoms with Gasteiger partial charge in [-0.3, -0.25) is 4.79 Å². The van der Waals surface area contributed by atoms with E-state index in [2.05, 4.69) is 15.2 Å². The average Bonchev–Trinajstić information content (AvgIpc) is 3.03. The summed E-state index contributed by atoms with van der Waals surface area (Å²) in [7, 11) is -3.64. The minimum Gasteiger partial charge on any atom is -0.339 e. The summed E-state index contributed by atoms with van der Waals surface area (Å²) in [5, 5.41) is 5.73. The van der Waals surface area contributed by atoms with Crippen LogP contribution in [0.2, 0.25) is 0 Å². The van der Waals surface area contributed by atoms with Gasteiger partial charge >= 0.3 is 0 Å². The zero-order valence-electron chi connectivity index (χ0n) is 12.0. The highest BCUT2D eigenvalue weighted by atomic mass is 32.2. The molecule has 1 unspecified atom stereocenters. The number of rotatable bonds is 5. The summed E-state index contributed by atoms with van der Waals surface area (Å²) in [6.07, 6.45) is 3.85. The van der Waals surface area contributed by atoms with Gasteiger partial charge in [-0.2, -0.15) is 21.2 Å². The number of nitrogens with one attached hydrogen (secondary N) is 1. The number of aromatic nitrogens is 3. The number of H-pyrrole nitrogens is 1. The molecule has 1 atom stereocenters. The van der Waals surface area contributed by atoms with Gasteiger partial charge < -0.3 is 4.90 Å². The Morgan fingerprint density at radius 2 is 2.10 bits per heavy atom. The molecule has 21 heavy (non-hydrogen) atoms. The van der Waals surface area contributed by atoms with Gasteiger partial charge in [0.05, 0.1) is 5.25 Å². The first-order valence-corrected chi connectivity index (χ1v) is 9.40. The minimum absolute atomic E-state index is 0.0533. The molecule has 10 heteroatoms. The van der Waals surface area contributed by atoms with Gasteiger partial charge in [-0.25, -0.2) is 18.5 Å². The number of hydrogen-bond donors (Lipinski definition) is 1. The smallest absolute Gasteiger partial charge is 0.278 e. The molecule has 1 saturated heterocycles. The predicted molar refractivity (Wildman–Crippen MR) is 79.3 cm³/mol. The Kier molecular flexibility index (Phi) is 5.22. The van der Waals surface area contributed by atoms with Crippen LogP contribution in [0.5, 0.6) is 0 Å². The first-order valence-electron chi connectivity index (χ1n) is 6.67. The van der Waals surface area contributed by atoms with Crippen molar-refractivity contribution in [3.63, 3.8) is 0 Å². The van der Waals surface area contributed by atoms with Gasteiger partial charge in [0.1, 0.15) is 6.33 Å². The van der Waals surface area contributed by atoms with Crippen LogP contribution in [-0.4, -0.2) is 76.4 Å². The molecule has 0 radical (unpaired) electrons. The van der Waals surface area contributed by atoms with E-state index < -0.39 is 10.0 Å². The summed E-state index contributed by atoms with van der Waals surface area (Å²) in [6, 6.07) is 0. The number of sulfonamides is 1. The largest absolute Gasteiger partial charge is 0.339 e. The van der Waals surface area contributed by atoms with E-state index >= 15 is 0 Å². The lowest BCUT2D eigenvalue weighted by atomic mass is 10.2. The Morgan fingerprint density at radius 1 is 1.43 bits per heavy atom. The number of amides is 1. The van der Waals surface area contributed by atoms with Gasteiger partial charge in [-0.05, 0) is 12.7 Å². The molecular formula is C11H19N5O3S2. The summed E-state index contributed by atoms with van der Waals surface area (Å²) in [6.45, 7) is 3.34. The second kappa shape index (κ2) is 6.75. The van der Waals surface area contributed by atoms with Crippen molar-refractivity contribution in [1.29, 1.82) is 0 Å². The van der Waals surface area contributed by atoms with E-state index in [0.29, 0.717) is 13.1 Å². The van der Waals surface area contributed by atoms with Crippen molar-refractivity contribution in [2.45, 2.75) is 23.8 Å². The first-order chi connectivity index (χ1) is 10.0. The monoisotopic (exact) mass is 333 g/mol. The van der Waals surface area contributed by atoms with E-state index in [1.165, 1.54) is 16.1 Å². The summed E-state index contributed by atoms with van der Waals surface area (Å²) >= 11 is 1.53. The zero-order valence-corrected chi connectivity index (χ0v) is 13.7. The van der Waals surface area contributed by atoms with Crippen molar-refractivity contribution in [1.82, 2.24) is 24.4 Å². The molecule has 0 saturated carbocycles. The van der Waals surface area contributed by atoms with Crippen molar-refractivity contribution in [3.05, 3.63) is 6.33 Å². The third kappa shape index (κ3) is 3.38. The molecule has 2 heterocycles. The molecule has 1 N–H and O–H groups in total. The fraction of sp³-hybridized carbons (Fsp3) is 0.727. The highest BCUT2D eigenvalue weighted by molar-refractivity contribution is 7.99. The maximum atomic E-state index is 12.3. The number of carbonyl (C=O) groups excluding carboxylic acids is 1. The third-order valence-corrected chi connectivity index (χ3v) is 6.29. The fourth-order valence-corrected chi connectivity index (χ4v) is 4.16. The molecule has 0 spiro atoms. The molecule has 1 aliphatic rings. The summed E-state index contributed by atoms with van der Waals surface area (Å²) < 4.78 is 25.8. The van der Waals surface area contributed by atoms with Gasteiger partial charge in [-0.1, -0.05) is 6.92 Å². The van der Waals surface area contributed by atoms with E-state index in [-0.39, 0.29) is 29.4 Å². The van der Waals surface area contributed by atoms with Crippen molar-refractivity contribution in [2.24, 2.45) is 0 Å². The summed E-state index contributed by atoms with van der Waals surface area (Å²) in [4.78, 5) is 17.7. The van der Waals surface area contributed by atoms with Crippen LogP contribution in [0.3, 0.4) is 0 Å². The number of aromatic amines is 1. The van der Waals surface area contributed by atoms with Crippen LogP contribution < -0.4 is 0 Å². The van der Waals surface area contributed by atoms with E-state index in [4.69, 9.17) is 0 Å². The third-order valence-electron chi connectivity index (χ3n) is 3.46. The van der Waals surface area contributed by atoms with Gasteiger partial charge in [0.2, 0.25) is 5.91 Å². The molecule has 0 aliphatic carbocycles. The fourth-order valence-electron chi connectivity index (χ4n) is 2.24. The molecule has 8 nitrogen and oxygen atoms in total. The number of thioether (sulfide) groups is 1. The molecule has 2 rings (SSSR count). The molecule has 1 aromatic heterocycles. The van der Waals surface area contributed by atoms with Crippen LogP contribution >= 0.6 is 11.8 Å². The van der Waals surface area contributed by atoms with Gasteiger partial charge in [0.15, 0.2) is 0 Å². The Hall–Kier alpha value is -1.13. The van der Waals surface area contributed by atoms with E-state index in [1.807, 2.05) is 13.2 Å². The molecule has 1 fully saturated rings. The Bertz CT molecular complexity index is 563. The van der Waals surface area contributed by atoms with Gasteiger partial charge in [-0.15, -0.1) is 0 Å². The topological polar surface area (TPSA) is 99.3 Å². The SMILES string of the molecule is CCC(SC)C(=O)N1CCN(S(=O)(=O)c2ncn[nH]2)CC1. The van der Waals surface area contributed by atoms with Crippen molar-refractivity contribution in [3.8, 4) is 0 Å². The zero-order chi connectivity index (χ0) is 15.5. The second-order valence-corrected chi connectivity index (χ2v) is 7.55. The number of hydrogen-bond acceptors (Lipinski definition) is 6. The number of piperazine rings is 1. The standard InChI is InChI=1S/C11H19N5O3S2/c1-3-9(20-2)10(17)15-4-6-16(7-5-15)21(18,19)11-12-8-13-14-11/h8-9H,3-7H2,1-2H3,(H,12,13,14). The first kappa shape index (κ1) is 16.2. The Balaban J connectivity index is 1.99. The highest BCUT2D eigenvalue weighted by Crippen LogP contribution is 2.18. The van der Waals surface area contributed by atoms with Crippen LogP contribution in [-0.2, 0) is 14.8 Å². The van der Waals surface area contributed by atoms with Crippen molar-refractivity contribution in [2.75, 3.05) is 32.4 Å². The lowest BCUT2D eigenvalue weighted by Crippen LogP contribution is -2.52. The Morgan fingerprint density at radius 3 is 2.57 bits per heavy atom. The minimum atomic E-state index is -3.64. The molecule has 0 aromatic carbocycles. The maximum absolute atomic E-state index is 12.3.